The summed E-state index contributed by atoms with van der Waals surface area (Å²) < 4.78 is 0. The molecular formula is C14H23N3. The molecule has 3 nitrogen and oxygen atoms in total. The third kappa shape index (κ3) is 3.86. The molecule has 0 aromatic carbocycles. The summed E-state index contributed by atoms with van der Waals surface area (Å²) in [5, 5.41) is 3.32. The maximum atomic E-state index is 4.65. The first-order valence-electron chi connectivity index (χ1n) is 6.26. The van der Waals surface area contributed by atoms with Crippen LogP contribution in [-0.4, -0.2) is 24.6 Å². The molecule has 1 N–H and O–H groups in total. The Kier molecular flexibility index (Phi) is 5.70. The van der Waals surface area contributed by atoms with Gasteiger partial charge in [0.15, 0.2) is 0 Å². The first-order valence-corrected chi connectivity index (χ1v) is 6.26. The lowest BCUT2D eigenvalue weighted by atomic mass is 10.2. The van der Waals surface area contributed by atoms with Crippen molar-refractivity contribution >= 4 is 5.82 Å². The Morgan fingerprint density at radius 3 is 2.71 bits per heavy atom. The predicted molar refractivity (Wildman–Crippen MR) is 74.4 cm³/mol. The van der Waals surface area contributed by atoms with Crippen molar-refractivity contribution in [2.45, 2.75) is 27.3 Å². The third-order valence-corrected chi connectivity index (χ3v) is 2.80. The number of nitrogens with zero attached hydrogens (tertiary/aromatic N) is 2. The number of likely N-dealkylation sites (N-methyl/N-ethyl adjacent to an activating group) is 1. The van der Waals surface area contributed by atoms with Crippen LogP contribution in [0.3, 0.4) is 0 Å². The van der Waals surface area contributed by atoms with Gasteiger partial charge in [-0.15, -0.1) is 6.58 Å². The number of hydrogen-bond acceptors (Lipinski definition) is 3. The molecule has 0 aliphatic heterocycles. The molecule has 0 aliphatic rings. The van der Waals surface area contributed by atoms with Crippen molar-refractivity contribution in [2.75, 3.05) is 24.5 Å². The maximum Gasteiger partial charge on any atom is 0.129 e. The summed E-state index contributed by atoms with van der Waals surface area (Å²) in [6.07, 6.45) is 1.91. The summed E-state index contributed by atoms with van der Waals surface area (Å²) in [7, 11) is 0. The Hall–Kier alpha value is -1.35. The van der Waals surface area contributed by atoms with E-state index in [1.54, 1.807) is 0 Å². The zero-order valence-corrected chi connectivity index (χ0v) is 11.2. The summed E-state index contributed by atoms with van der Waals surface area (Å²) in [4.78, 5) is 6.86. The van der Waals surface area contributed by atoms with Gasteiger partial charge in [-0.2, -0.15) is 0 Å². The lowest BCUT2D eigenvalue weighted by Gasteiger charge is -2.21. The molecule has 0 bridgehead atoms. The highest BCUT2D eigenvalue weighted by Gasteiger charge is 2.06. The van der Waals surface area contributed by atoms with Crippen molar-refractivity contribution in [3.63, 3.8) is 0 Å². The minimum absolute atomic E-state index is 0.843. The molecule has 1 heterocycles. The van der Waals surface area contributed by atoms with Gasteiger partial charge in [0.25, 0.3) is 0 Å². The first kappa shape index (κ1) is 13.7. The van der Waals surface area contributed by atoms with Crippen LogP contribution in [-0.2, 0) is 6.54 Å². The zero-order chi connectivity index (χ0) is 12.7. The van der Waals surface area contributed by atoms with Crippen LogP contribution in [0.1, 0.15) is 25.1 Å². The zero-order valence-electron chi connectivity index (χ0n) is 11.2. The first-order chi connectivity index (χ1) is 8.22. The molecule has 0 atom stereocenters. The van der Waals surface area contributed by atoms with Crippen LogP contribution in [0.15, 0.2) is 24.8 Å². The van der Waals surface area contributed by atoms with Gasteiger partial charge < -0.3 is 10.2 Å². The van der Waals surface area contributed by atoms with E-state index in [0.29, 0.717) is 0 Å². The standard InChI is InChI=1S/C14H23N3/c1-5-10-17(7-3)14-9-8-13(11-15-6-2)12(4)16-14/h5,8-9,15H,1,6-7,10-11H2,2-4H3. The molecule has 0 saturated heterocycles. The second-order valence-electron chi connectivity index (χ2n) is 4.02. The fraction of sp³-hybridized carbons (Fsp3) is 0.500. The quantitative estimate of drug-likeness (QED) is 0.733. The number of aryl methyl sites for hydroxylation is 1. The second kappa shape index (κ2) is 7.07. The minimum Gasteiger partial charge on any atom is -0.353 e. The number of rotatable bonds is 7. The third-order valence-electron chi connectivity index (χ3n) is 2.80. The van der Waals surface area contributed by atoms with Crippen LogP contribution >= 0.6 is 0 Å². The summed E-state index contributed by atoms with van der Waals surface area (Å²) >= 11 is 0. The smallest absolute Gasteiger partial charge is 0.129 e. The SMILES string of the molecule is C=CCN(CC)c1ccc(CNCC)c(C)n1. The van der Waals surface area contributed by atoms with Crippen LogP contribution in [0.4, 0.5) is 5.82 Å². The average molecular weight is 233 g/mol. The monoisotopic (exact) mass is 233 g/mol. The highest BCUT2D eigenvalue weighted by Crippen LogP contribution is 2.14. The summed E-state index contributed by atoms with van der Waals surface area (Å²) in [6, 6.07) is 4.25. The Balaban J connectivity index is 2.82. The van der Waals surface area contributed by atoms with E-state index < -0.39 is 0 Å². The fourth-order valence-corrected chi connectivity index (χ4v) is 1.74. The Labute approximate surface area is 105 Å². The van der Waals surface area contributed by atoms with Gasteiger partial charge in [0.2, 0.25) is 0 Å². The van der Waals surface area contributed by atoms with Crippen molar-refractivity contribution in [2.24, 2.45) is 0 Å². The molecule has 1 aromatic rings. The molecule has 1 aromatic heterocycles. The van der Waals surface area contributed by atoms with Gasteiger partial charge in [0.1, 0.15) is 5.82 Å². The van der Waals surface area contributed by atoms with Crippen molar-refractivity contribution < 1.29 is 0 Å². The Morgan fingerprint density at radius 2 is 2.18 bits per heavy atom. The summed E-state index contributed by atoms with van der Waals surface area (Å²) in [5.74, 6) is 1.03. The highest BCUT2D eigenvalue weighted by molar-refractivity contribution is 5.42. The largest absolute Gasteiger partial charge is 0.353 e. The molecule has 0 fully saturated rings. The molecule has 0 amide bonds. The topological polar surface area (TPSA) is 28.2 Å². The van der Waals surface area contributed by atoms with Crippen LogP contribution in [0.5, 0.6) is 0 Å². The van der Waals surface area contributed by atoms with Crippen LogP contribution in [0, 0.1) is 6.92 Å². The van der Waals surface area contributed by atoms with E-state index in [1.807, 2.05) is 6.08 Å². The van der Waals surface area contributed by atoms with E-state index in [0.717, 1.165) is 37.7 Å². The average Bonchev–Trinajstić information content (AvgIpc) is 2.34. The molecule has 0 aliphatic carbocycles. The van der Waals surface area contributed by atoms with Gasteiger partial charge in [-0.1, -0.05) is 19.1 Å². The van der Waals surface area contributed by atoms with Gasteiger partial charge in [-0.05, 0) is 32.0 Å². The van der Waals surface area contributed by atoms with Crippen molar-refractivity contribution in [3.8, 4) is 0 Å². The maximum absolute atomic E-state index is 4.65. The summed E-state index contributed by atoms with van der Waals surface area (Å²) in [6.45, 7) is 13.8. The molecule has 0 unspecified atom stereocenters. The predicted octanol–water partition coefficient (Wildman–Crippen LogP) is 2.51. The van der Waals surface area contributed by atoms with Crippen LogP contribution in [0.2, 0.25) is 0 Å². The highest BCUT2D eigenvalue weighted by atomic mass is 15.2. The summed E-state index contributed by atoms with van der Waals surface area (Å²) in [5.41, 5.74) is 2.37. The Morgan fingerprint density at radius 1 is 1.41 bits per heavy atom. The number of pyridine rings is 1. The van der Waals surface area contributed by atoms with Crippen molar-refractivity contribution in [1.29, 1.82) is 0 Å². The number of aromatic nitrogens is 1. The van der Waals surface area contributed by atoms with E-state index >= 15 is 0 Å². The number of nitrogens with one attached hydrogen (secondary N) is 1. The molecule has 3 heteroatoms. The van der Waals surface area contributed by atoms with Crippen molar-refractivity contribution in [1.82, 2.24) is 10.3 Å². The molecule has 94 valence electrons. The lowest BCUT2D eigenvalue weighted by Crippen LogP contribution is -2.24. The van der Waals surface area contributed by atoms with E-state index in [2.05, 4.69) is 54.7 Å². The Bertz CT molecular complexity index is 360. The molecular weight excluding hydrogens is 210 g/mol. The van der Waals surface area contributed by atoms with E-state index in [-0.39, 0.29) is 0 Å². The van der Waals surface area contributed by atoms with Gasteiger partial charge in [0, 0.05) is 25.3 Å². The second-order valence-corrected chi connectivity index (χ2v) is 4.02. The van der Waals surface area contributed by atoms with Crippen LogP contribution < -0.4 is 10.2 Å². The molecule has 0 spiro atoms. The number of hydrogen-bond donors (Lipinski definition) is 1. The molecule has 0 radical (unpaired) electrons. The lowest BCUT2D eigenvalue weighted by molar-refractivity contribution is 0.719. The molecule has 17 heavy (non-hydrogen) atoms. The molecule has 1 rings (SSSR count). The number of anilines is 1. The van der Waals surface area contributed by atoms with Gasteiger partial charge in [0.05, 0.1) is 0 Å². The molecule has 0 saturated carbocycles. The van der Waals surface area contributed by atoms with Gasteiger partial charge in [-0.3, -0.25) is 0 Å². The van der Waals surface area contributed by atoms with Crippen molar-refractivity contribution in [3.05, 3.63) is 36.0 Å². The van der Waals surface area contributed by atoms with Gasteiger partial charge >= 0.3 is 0 Å². The van der Waals surface area contributed by atoms with E-state index in [1.165, 1.54) is 5.56 Å². The van der Waals surface area contributed by atoms with Gasteiger partial charge in [-0.25, -0.2) is 4.98 Å². The normalized spacial score (nSPS) is 10.3. The van der Waals surface area contributed by atoms with Crippen LogP contribution in [0.25, 0.3) is 0 Å². The van der Waals surface area contributed by atoms with E-state index in [4.69, 9.17) is 0 Å². The minimum atomic E-state index is 0.843. The van der Waals surface area contributed by atoms with E-state index in [9.17, 15) is 0 Å². The fourth-order valence-electron chi connectivity index (χ4n) is 1.74.